The third-order valence-corrected chi connectivity index (χ3v) is 5.51. The van der Waals surface area contributed by atoms with Crippen molar-refractivity contribution >= 4 is 5.57 Å². The Balaban J connectivity index is 1.61. The van der Waals surface area contributed by atoms with Crippen LogP contribution in [0.5, 0.6) is 5.75 Å². The quantitative estimate of drug-likeness (QED) is 0.599. The first-order chi connectivity index (χ1) is 13.4. The summed E-state index contributed by atoms with van der Waals surface area (Å²) >= 11 is 0. The van der Waals surface area contributed by atoms with Gasteiger partial charge in [-0.1, -0.05) is 42.8 Å². The van der Waals surface area contributed by atoms with Crippen LogP contribution in [-0.4, -0.2) is 23.3 Å². The van der Waals surface area contributed by atoms with E-state index in [0.717, 1.165) is 49.6 Å². The van der Waals surface area contributed by atoms with Crippen LogP contribution >= 0.6 is 0 Å². The Bertz CT molecular complexity index is 863. The molecule has 6 heteroatoms. The molecule has 0 saturated carbocycles. The first kappa shape index (κ1) is 19.0. The van der Waals surface area contributed by atoms with E-state index in [0.29, 0.717) is 6.42 Å². The van der Waals surface area contributed by atoms with E-state index in [1.54, 1.807) is 0 Å². The highest BCUT2D eigenvalue weighted by Gasteiger charge is 2.35. The van der Waals surface area contributed by atoms with Crippen molar-refractivity contribution in [3.05, 3.63) is 71.6 Å². The van der Waals surface area contributed by atoms with Crippen LogP contribution in [0.25, 0.3) is 5.57 Å². The lowest BCUT2D eigenvalue weighted by atomic mass is 9.82. The number of hydrogen-bond donors (Lipinski definition) is 0. The smallest absolute Gasteiger partial charge is 0.406 e. The van der Waals surface area contributed by atoms with Crippen molar-refractivity contribution in [1.29, 1.82) is 0 Å². The molecule has 1 fully saturated rings. The van der Waals surface area contributed by atoms with Crippen molar-refractivity contribution in [1.82, 2.24) is 4.90 Å². The minimum absolute atomic E-state index is 0.161. The maximum absolute atomic E-state index is 14.4. The van der Waals surface area contributed by atoms with E-state index >= 15 is 0 Å². The number of ether oxygens (including phenoxy) is 1. The van der Waals surface area contributed by atoms with Crippen LogP contribution in [0.15, 0.2) is 54.6 Å². The summed E-state index contributed by atoms with van der Waals surface area (Å²) in [5, 5.41) is 0. The summed E-state index contributed by atoms with van der Waals surface area (Å²) in [7, 11) is 0. The first-order valence-corrected chi connectivity index (χ1v) is 9.45. The van der Waals surface area contributed by atoms with E-state index in [4.69, 9.17) is 0 Å². The Morgan fingerprint density at radius 3 is 2.54 bits per heavy atom. The molecule has 2 aromatic carbocycles. The van der Waals surface area contributed by atoms with Crippen LogP contribution in [0.4, 0.5) is 17.6 Å². The Morgan fingerprint density at radius 1 is 1.04 bits per heavy atom. The molecule has 2 unspecified atom stereocenters. The fourth-order valence-electron chi connectivity index (χ4n) is 4.31. The molecule has 2 aromatic rings. The molecule has 2 aliphatic rings. The monoisotopic (exact) mass is 391 g/mol. The Hall–Kier alpha value is -2.34. The predicted molar refractivity (Wildman–Crippen MR) is 99.1 cm³/mol. The molecule has 4 rings (SSSR count). The van der Waals surface area contributed by atoms with Gasteiger partial charge in [0.1, 0.15) is 11.6 Å². The van der Waals surface area contributed by atoms with Gasteiger partial charge < -0.3 is 4.74 Å². The summed E-state index contributed by atoms with van der Waals surface area (Å²) in [6.45, 7) is 0.819. The van der Waals surface area contributed by atoms with Crippen molar-refractivity contribution in [3.8, 4) is 5.75 Å². The fraction of sp³-hybridized carbons (Fsp3) is 0.364. The third-order valence-electron chi connectivity index (χ3n) is 5.51. The van der Waals surface area contributed by atoms with Gasteiger partial charge in [0, 0.05) is 24.2 Å². The first-order valence-electron chi connectivity index (χ1n) is 9.45. The molecule has 2 heterocycles. The Labute approximate surface area is 161 Å². The minimum Gasteiger partial charge on any atom is -0.406 e. The number of benzene rings is 2. The van der Waals surface area contributed by atoms with Gasteiger partial charge in [0.25, 0.3) is 0 Å². The van der Waals surface area contributed by atoms with E-state index in [2.05, 4.69) is 21.8 Å². The highest BCUT2D eigenvalue weighted by Crippen LogP contribution is 2.39. The normalized spacial score (nSPS) is 22.6. The lowest BCUT2D eigenvalue weighted by Crippen LogP contribution is -2.47. The van der Waals surface area contributed by atoms with Gasteiger partial charge in [-0.2, -0.15) is 0 Å². The molecule has 0 N–H and O–H groups in total. The number of alkyl halides is 3. The van der Waals surface area contributed by atoms with Gasteiger partial charge in [-0.05, 0) is 48.6 Å². The van der Waals surface area contributed by atoms with E-state index in [1.807, 2.05) is 24.3 Å². The minimum atomic E-state index is -4.79. The number of nitrogens with zero attached hydrogens (tertiary/aromatic N) is 1. The molecule has 2 atom stereocenters. The fourth-order valence-corrected chi connectivity index (χ4v) is 4.31. The summed E-state index contributed by atoms with van der Waals surface area (Å²) in [5.41, 5.74) is 2.20. The topological polar surface area (TPSA) is 12.5 Å². The Morgan fingerprint density at radius 2 is 1.82 bits per heavy atom. The van der Waals surface area contributed by atoms with E-state index in [9.17, 15) is 17.6 Å². The van der Waals surface area contributed by atoms with Gasteiger partial charge in [0.05, 0.1) is 0 Å². The molecule has 1 saturated heterocycles. The van der Waals surface area contributed by atoms with E-state index < -0.39 is 12.2 Å². The molecule has 0 radical (unpaired) electrons. The lowest BCUT2D eigenvalue weighted by Gasteiger charge is -2.45. The number of piperidine rings is 1. The second-order valence-electron chi connectivity index (χ2n) is 7.40. The highest BCUT2D eigenvalue weighted by atomic mass is 19.4. The maximum Gasteiger partial charge on any atom is 0.573 e. The molecule has 148 valence electrons. The van der Waals surface area contributed by atoms with Gasteiger partial charge in [0.15, 0.2) is 0 Å². The van der Waals surface area contributed by atoms with Gasteiger partial charge >= 0.3 is 6.36 Å². The molecular formula is C22H21F4NO. The second kappa shape index (κ2) is 7.59. The lowest BCUT2D eigenvalue weighted by molar-refractivity contribution is -0.274. The van der Waals surface area contributed by atoms with E-state index in [-0.39, 0.29) is 23.4 Å². The van der Waals surface area contributed by atoms with Crippen molar-refractivity contribution in [3.63, 3.8) is 0 Å². The standard InChI is InChI=1S/C22H21F4NO/c23-21-10-9-19(28-22(24,25)26)13-20(21)16-11-17-7-4-8-18(12-16)27(17)14-15-5-2-1-3-6-15/h1-3,5-6,9-11,13,17-18H,4,7-8,12,14H2. The van der Waals surface area contributed by atoms with Crippen molar-refractivity contribution < 1.29 is 22.3 Å². The SMILES string of the molecule is Fc1ccc(OC(F)(F)F)cc1C1=CC2CCCC(C1)N2Cc1ccccc1. The van der Waals surface area contributed by atoms with Crippen LogP contribution in [0.2, 0.25) is 0 Å². The van der Waals surface area contributed by atoms with Crippen LogP contribution < -0.4 is 4.74 Å². The summed E-state index contributed by atoms with van der Waals surface area (Å²) in [5.74, 6) is -0.906. The van der Waals surface area contributed by atoms with Gasteiger partial charge in [0.2, 0.25) is 0 Å². The molecule has 28 heavy (non-hydrogen) atoms. The molecule has 2 bridgehead atoms. The zero-order valence-electron chi connectivity index (χ0n) is 15.3. The van der Waals surface area contributed by atoms with Crippen molar-refractivity contribution in [2.75, 3.05) is 0 Å². The average Bonchev–Trinajstić information content (AvgIpc) is 2.63. The highest BCUT2D eigenvalue weighted by molar-refractivity contribution is 5.69. The van der Waals surface area contributed by atoms with E-state index in [1.165, 1.54) is 5.56 Å². The average molecular weight is 391 g/mol. The predicted octanol–water partition coefficient (Wildman–Crippen LogP) is 5.93. The maximum atomic E-state index is 14.4. The summed E-state index contributed by atoms with van der Waals surface area (Å²) < 4.78 is 56.0. The molecule has 0 aromatic heterocycles. The second-order valence-corrected chi connectivity index (χ2v) is 7.40. The molecule has 0 aliphatic carbocycles. The molecule has 0 amide bonds. The van der Waals surface area contributed by atoms with Crippen LogP contribution in [0.3, 0.4) is 0 Å². The van der Waals surface area contributed by atoms with Crippen LogP contribution in [0, 0.1) is 5.82 Å². The zero-order valence-corrected chi connectivity index (χ0v) is 15.3. The van der Waals surface area contributed by atoms with Crippen LogP contribution in [-0.2, 0) is 6.54 Å². The van der Waals surface area contributed by atoms with Gasteiger partial charge in [-0.3, -0.25) is 4.90 Å². The summed E-state index contributed by atoms with van der Waals surface area (Å²) in [6, 6.07) is 13.8. The number of halogens is 4. The van der Waals surface area contributed by atoms with Crippen molar-refractivity contribution in [2.24, 2.45) is 0 Å². The summed E-state index contributed by atoms with van der Waals surface area (Å²) in [6.07, 6.45) is 0.918. The largest absolute Gasteiger partial charge is 0.573 e. The molecule has 2 nitrogen and oxygen atoms in total. The van der Waals surface area contributed by atoms with Gasteiger partial charge in [-0.15, -0.1) is 13.2 Å². The summed E-state index contributed by atoms with van der Waals surface area (Å²) in [4.78, 5) is 2.43. The molecule has 0 spiro atoms. The Kier molecular flexibility index (Phi) is 5.15. The third kappa shape index (κ3) is 4.22. The molecular weight excluding hydrogens is 370 g/mol. The van der Waals surface area contributed by atoms with Gasteiger partial charge in [-0.25, -0.2) is 4.39 Å². The van der Waals surface area contributed by atoms with Crippen molar-refractivity contribution in [2.45, 2.75) is 50.7 Å². The van der Waals surface area contributed by atoms with Crippen LogP contribution in [0.1, 0.15) is 36.8 Å². The molecule has 2 aliphatic heterocycles. The number of hydrogen-bond acceptors (Lipinski definition) is 2. The zero-order chi connectivity index (χ0) is 19.7. The number of fused-ring (bicyclic) bond motifs is 2. The number of rotatable bonds is 4.